The van der Waals surface area contributed by atoms with Gasteiger partial charge >= 0.3 is 6.09 Å². The number of hydrogen-bond acceptors (Lipinski definition) is 5. The van der Waals surface area contributed by atoms with Crippen LogP contribution in [0.5, 0.6) is 0 Å². The average Bonchev–Trinajstić information content (AvgIpc) is 3.14. The van der Waals surface area contributed by atoms with Crippen molar-refractivity contribution in [3.05, 3.63) is 18.4 Å². The Morgan fingerprint density at radius 1 is 1.42 bits per heavy atom. The lowest BCUT2D eigenvalue weighted by Gasteiger charge is -2.31. The Kier molecular flexibility index (Phi) is 7.28. The molecule has 6 heteroatoms. The molecule has 1 fully saturated rings. The molecule has 1 aliphatic heterocycles. The topological polar surface area (TPSA) is 72.6 Å². The minimum atomic E-state index is -0.187. The first-order valence-corrected chi connectivity index (χ1v) is 8.94. The van der Waals surface area contributed by atoms with Gasteiger partial charge in [-0.05, 0) is 37.5 Å². The summed E-state index contributed by atoms with van der Waals surface area (Å²) < 4.78 is 10.4. The first-order chi connectivity index (χ1) is 11.6. The van der Waals surface area contributed by atoms with Crippen molar-refractivity contribution in [2.45, 2.75) is 52.4 Å². The highest BCUT2D eigenvalue weighted by atomic mass is 16.6. The molecule has 1 amide bonds. The predicted octanol–water partition coefficient (Wildman–Crippen LogP) is 3.92. The Bertz CT molecular complexity index is 507. The Morgan fingerprint density at radius 3 is 2.79 bits per heavy atom. The summed E-state index contributed by atoms with van der Waals surface area (Å²) in [5.41, 5.74) is 0. The molecular weight excluding hydrogens is 308 g/mol. The lowest BCUT2D eigenvalue weighted by Crippen LogP contribution is -2.39. The van der Waals surface area contributed by atoms with Crippen LogP contribution in [-0.2, 0) is 4.74 Å². The molecule has 134 valence electrons. The maximum atomic E-state index is 12.0. The smallest absolute Gasteiger partial charge is 0.409 e. The van der Waals surface area contributed by atoms with E-state index in [4.69, 9.17) is 9.15 Å². The summed E-state index contributed by atoms with van der Waals surface area (Å²) in [6, 6.07) is 0. The molecule has 1 aliphatic rings. The number of amides is 1. The van der Waals surface area contributed by atoms with E-state index in [1.165, 1.54) is 12.5 Å². The summed E-state index contributed by atoms with van der Waals surface area (Å²) in [7, 11) is 0. The van der Waals surface area contributed by atoms with E-state index in [0.29, 0.717) is 24.9 Å². The molecule has 6 nitrogen and oxygen atoms in total. The van der Waals surface area contributed by atoms with E-state index in [1.807, 2.05) is 0 Å². The van der Waals surface area contributed by atoms with Crippen molar-refractivity contribution in [3.8, 4) is 0 Å². The predicted molar refractivity (Wildman–Crippen MR) is 89.8 cm³/mol. The van der Waals surface area contributed by atoms with Crippen molar-refractivity contribution in [2.24, 2.45) is 11.8 Å². The number of hydrogen-bond donors (Lipinski definition) is 0. The summed E-state index contributed by atoms with van der Waals surface area (Å²) in [6.07, 6.45) is 8.00. The molecule has 0 radical (unpaired) electrons. The first-order valence-electron chi connectivity index (χ1n) is 8.94. The van der Waals surface area contributed by atoms with Gasteiger partial charge in [0.05, 0.1) is 12.8 Å². The zero-order valence-corrected chi connectivity index (χ0v) is 14.7. The normalized spacial score (nSPS) is 16.8. The molecule has 1 unspecified atom stereocenters. The third-order valence-electron chi connectivity index (χ3n) is 4.75. The molecule has 0 aromatic carbocycles. The third-order valence-corrected chi connectivity index (χ3v) is 4.75. The van der Waals surface area contributed by atoms with Gasteiger partial charge in [-0.25, -0.2) is 9.78 Å². The number of ether oxygens (including phenoxy) is 1. The van der Waals surface area contributed by atoms with Crippen LogP contribution in [0.25, 0.3) is 0 Å². The molecule has 1 aromatic rings. The minimum absolute atomic E-state index is 0.0361. The summed E-state index contributed by atoms with van der Waals surface area (Å²) >= 11 is 0. The first kappa shape index (κ1) is 18.5. The third kappa shape index (κ3) is 5.65. The van der Waals surface area contributed by atoms with Gasteiger partial charge in [0.25, 0.3) is 5.89 Å². The van der Waals surface area contributed by atoms with Crippen molar-refractivity contribution in [2.75, 3.05) is 19.7 Å². The van der Waals surface area contributed by atoms with Crippen LogP contribution in [0.3, 0.4) is 0 Å². The van der Waals surface area contributed by atoms with E-state index in [2.05, 4.69) is 18.8 Å². The molecule has 0 bridgehead atoms. The molecule has 1 atom stereocenters. The van der Waals surface area contributed by atoms with Crippen LogP contribution in [0.4, 0.5) is 4.79 Å². The van der Waals surface area contributed by atoms with E-state index >= 15 is 0 Å². The molecule has 0 aliphatic carbocycles. The molecular formula is C18H28N2O4. The van der Waals surface area contributed by atoms with E-state index in [-0.39, 0.29) is 17.8 Å². The van der Waals surface area contributed by atoms with E-state index in [1.54, 1.807) is 4.90 Å². The fraction of sp³-hybridized carbons (Fsp3) is 0.722. The number of aromatic nitrogens is 1. The van der Waals surface area contributed by atoms with Crippen molar-refractivity contribution >= 4 is 11.9 Å². The molecule has 2 heterocycles. The number of carbonyl (C=O) groups is 2. The second-order valence-corrected chi connectivity index (χ2v) is 6.67. The van der Waals surface area contributed by atoms with Crippen LogP contribution >= 0.6 is 0 Å². The number of nitrogens with zero attached hydrogens (tertiary/aromatic N) is 2. The minimum Gasteiger partial charge on any atom is -0.449 e. The quantitative estimate of drug-likeness (QED) is 0.673. The Balaban J connectivity index is 1.60. The standard InChI is InChI=1S/C18H28N2O4/c1-3-14(2)13-24-18(22)20-10-7-15(8-11-20)5-4-6-16(21)17-19-9-12-23-17/h9,12,14-15H,3-8,10-11,13H2,1-2H3. The Hall–Kier alpha value is -1.85. The fourth-order valence-corrected chi connectivity index (χ4v) is 2.85. The van der Waals surface area contributed by atoms with Gasteiger partial charge in [-0.1, -0.05) is 20.3 Å². The maximum Gasteiger partial charge on any atom is 0.409 e. The number of oxazole rings is 1. The van der Waals surface area contributed by atoms with Gasteiger partial charge < -0.3 is 14.1 Å². The molecule has 2 rings (SSSR count). The SMILES string of the molecule is CCC(C)COC(=O)N1CCC(CCCC(=O)c2ncco2)CC1. The largest absolute Gasteiger partial charge is 0.449 e. The lowest BCUT2D eigenvalue weighted by atomic mass is 9.91. The van der Waals surface area contributed by atoms with Gasteiger partial charge in [0.2, 0.25) is 5.78 Å². The van der Waals surface area contributed by atoms with Crippen LogP contribution in [0.15, 0.2) is 16.9 Å². The zero-order chi connectivity index (χ0) is 17.4. The van der Waals surface area contributed by atoms with Crippen LogP contribution < -0.4 is 0 Å². The lowest BCUT2D eigenvalue weighted by molar-refractivity contribution is 0.0756. The molecule has 1 aromatic heterocycles. The number of rotatable bonds is 8. The number of piperidine rings is 1. The monoisotopic (exact) mass is 336 g/mol. The van der Waals surface area contributed by atoms with Gasteiger partial charge in [-0.3, -0.25) is 4.79 Å². The van der Waals surface area contributed by atoms with Gasteiger partial charge in [-0.2, -0.15) is 0 Å². The van der Waals surface area contributed by atoms with Crippen LogP contribution in [0.1, 0.15) is 63.1 Å². The molecule has 24 heavy (non-hydrogen) atoms. The summed E-state index contributed by atoms with van der Waals surface area (Å²) in [5.74, 6) is 1.15. The molecule has 0 saturated carbocycles. The maximum absolute atomic E-state index is 12.0. The van der Waals surface area contributed by atoms with Gasteiger partial charge in [0.1, 0.15) is 6.26 Å². The van der Waals surface area contributed by atoms with E-state index < -0.39 is 0 Å². The second-order valence-electron chi connectivity index (χ2n) is 6.67. The number of Topliss-reactive ketones (excluding diaryl/α,β-unsaturated/α-hetero) is 1. The Labute approximate surface area is 143 Å². The Morgan fingerprint density at radius 2 is 2.17 bits per heavy atom. The van der Waals surface area contributed by atoms with Crippen molar-refractivity contribution in [1.29, 1.82) is 0 Å². The van der Waals surface area contributed by atoms with E-state index in [0.717, 1.165) is 45.2 Å². The summed E-state index contributed by atoms with van der Waals surface area (Å²) in [4.78, 5) is 29.5. The number of ketones is 1. The highest BCUT2D eigenvalue weighted by molar-refractivity contribution is 5.91. The van der Waals surface area contributed by atoms with Crippen molar-refractivity contribution < 1.29 is 18.7 Å². The highest BCUT2D eigenvalue weighted by Gasteiger charge is 2.24. The van der Waals surface area contributed by atoms with Crippen LogP contribution in [0.2, 0.25) is 0 Å². The highest BCUT2D eigenvalue weighted by Crippen LogP contribution is 2.23. The van der Waals surface area contributed by atoms with Crippen molar-refractivity contribution in [3.63, 3.8) is 0 Å². The van der Waals surface area contributed by atoms with Crippen molar-refractivity contribution in [1.82, 2.24) is 9.88 Å². The van der Waals surface area contributed by atoms with Gasteiger partial charge in [-0.15, -0.1) is 0 Å². The molecule has 0 N–H and O–H groups in total. The summed E-state index contributed by atoms with van der Waals surface area (Å²) in [5, 5.41) is 0. The average molecular weight is 336 g/mol. The van der Waals surface area contributed by atoms with Crippen LogP contribution in [0, 0.1) is 11.8 Å². The second kappa shape index (κ2) is 9.45. The fourth-order valence-electron chi connectivity index (χ4n) is 2.85. The molecule has 1 saturated heterocycles. The van der Waals surface area contributed by atoms with E-state index in [9.17, 15) is 9.59 Å². The number of carbonyl (C=O) groups excluding carboxylic acids is 2. The molecule has 0 spiro atoms. The number of likely N-dealkylation sites (tertiary alicyclic amines) is 1. The zero-order valence-electron chi connectivity index (χ0n) is 14.7. The van der Waals surface area contributed by atoms with Gasteiger partial charge in [0.15, 0.2) is 0 Å². The van der Waals surface area contributed by atoms with Gasteiger partial charge in [0, 0.05) is 19.5 Å². The van der Waals surface area contributed by atoms with Crippen LogP contribution in [-0.4, -0.2) is 41.5 Å². The summed E-state index contributed by atoms with van der Waals surface area (Å²) in [6.45, 7) is 6.17.